The molecule has 3 rings (SSSR count). The molecule has 7 heteroatoms. The third-order valence-electron chi connectivity index (χ3n) is 5.18. The molecule has 0 spiro atoms. The number of nitrogens with zero attached hydrogens (tertiary/aromatic N) is 1. The molecule has 1 fully saturated rings. The summed E-state index contributed by atoms with van der Waals surface area (Å²) < 4.78 is 5.32. The number of ether oxygens (including phenoxy) is 1. The van der Waals surface area contributed by atoms with Crippen LogP contribution in [0, 0.1) is 11.8 Å². The molecule has 2 N–H and O–H groups in total. The second-order valence-electron chi connectivity index (χ2n) is 7.84. The number of likely N-dealkylation sites (tertiary alicyclic amines) is 1. The molecular weight excluding hydrogens is 378 g/mol. The number of amides is 2. The minimum Gasteiger partial charge on any atom is -0.463 e. The van der Waals surface area contributed by atoms with Gasteiger partial charge in [-0.1, -0.05) is 37.6 Å². The molecule has 2 aliphatic rings. The average molecular weight is 406 g/mol. The smallest absolute Gasteiger partial charge is 0.338 e. The maximum absolute atomic E-state index is 12.8. The summed E-state index contributed by atoms with van der Waals surface area (Å²) in [7, 11) is 0. The van der Waals surface area contributed by atoms with Gasteiger partial charge < -0.3 is 15.4 Å². The monoisotopic (exact) mass is 405 g/mol. The normalized spacial score (nSPS) is 25.9. The summed E-state index contributed by atoms with van der Waals surface area (Å²) in [5, 5.41) is 6.31. The minimum atomic E-state index is -0.570. The maximum atomic E-state index is 12.8. The average Bonchev–Trinajstić information content (AvgIpc) is 2.61. The van der Waals surface area contributed by atoms with Crippen molar-refractivity contribution in [2.24, 2.45) is 11.8 Å². The van der Waals surface area contributed by atoms with Crippen molar-refractivity contribution in [1.82, 2.24) is 15.5 Å². The quantitative estimate of drug-likeness (QED) is 0.735. The number of carbonyl (C=O) groups excluding carboxylic acids is 2. The molecule has 0 aromatic heterocycles. The number of halogens is 1. The molecule has 0 radical (unpaired) electrons. The molecule has 1 aromatic carbocycles. The van der Waals surface area contributed by atoms with E-state index in [1.165, 1.54) is 6.42 Å². The summed E-state index contributed by atoms with van der Waals surface area (Å²) >= 11 is 6.00. The fourth-order valence-electron chi connectivity index (χ4n) is 4.24. The zero-order valence-electron chi connectivity index (χ0n) is 16.6. The van der Waals surface area contributed by atoms with Gasteiger partial charge in [-0.3, -0.25) is 4.90 Å². The van der Waals surface area contributed by atoms with Crippen molar-refractivity contribution >= 4 is 23.6 Å². The van der Waals surface area contributed by atoms with Crippen LogP contribution in [0.15, 0.2) is 35.5 Å². The van der Waals surface area contributed by atoms with Crippen LogP contribution >= 0.6 is 11.6 Å². The summed E-state index contributed by atoms with van der Waals surface area (Å²) in [4.78, 5) is 27.5. The van der Waals surface area contributed by atoms with Gasteiger partial charge in [0.1, 0.15) is 0 Å². The Morgan fingerprint density at radius 2 is 1.86 bits per heavy atom. The number of hydrogen-bond donors (Lipinski definition) is 2. The third kappa shape index (κ3) is 4.86. The lowest BCUT2D eigenvalue weighted by Crippen LogP contribution is -2.50. The Morgan fingerprint density at radius 1 is 1.21 bits per heavy atom. The van der Waals surface area contributed by atoms with Gasteiger partial charge in [-0.15, -0.1) is 0 Å². The van der Waals surface area contributed by atoms with Crippen molar-refractivity contribution in [3.8, 4) is 0 Å². The zero-order chi connectivity index (χ0) is 20.3. The molecule has 1 saturated heterocycles. The van der Waals surface area contributed by atoms with Gasteiger partial charge >= 0.3 is 12.0 Å². The second-order valence-corrected chi connectivity index (χ2v) is 8.27. The number of esters is 1. The minimum absolute atomic E-state index is 0.273. The van der Waals surface area contributed by atoms with Crippen LogP contribution in [0.2, 0.25) is 5.02 Å². The highest BCUT2D eigenvalue weighted by Gasteiger charge is 2.35. The lowest BCUT2D eigenvalue weighted by molar-refractivity contribution is -0.139. The van der Waals surface area contributed by atoms with Crippen LogP contribution in [0.5, 0.6) is 0 Å². The van der Waals surface area contributed by atoms with Gasteiger partial charge in [0.25, 0.3) is 0 Å². The van der Waals surface area contributed by atoms with E-state index in [0.29, 0.717) is 34.7 Å². The number of urea groups is 1. The van der Waals surface area contributed by atoms with E-state index in [9.17, 15) is 9.59 Å². The molecule has 0 aliphatic carbocycles. The standard InChI is InChI=1S/C21H28ClN3O3/c1-4-28-20(26)18-17(12-25-10-13(2)9-14(3)11-25)23-21(27)24-19(18)15-5-7-16(22)8-6-15/h5-8,13-14,19H,4,9-12H2,1-3H3,(H2,23,24,27). The van der Waals surface area contributed by atoms with E-state index in [1.54, 1.807) is 19.1 Å². The van der Waals surface area contributed by atoms with E-state index in [0.717, 1.165) is 18.7 Å². The van der Waals surface area contributed by atoms with Gasteiger partial charge in [0.05, 0.1) is 18.2 Å². The Morgan fingerprint density at radius 3 is 2.46 bits per heavy atom. The molecule has 2 heterocycles. The molecule has 2 amide bonds. The van der Waals surface area contributed by atoms with Crippen LogP contribution < -0.4 is 10.6 Å². The molecule has 3 unspecified atom stereocenters. The molecule has 28 heavy (non-hydrogen) atoms. The number of benzene rings is 1. The number of nitrogens with one attached hydrogen (secondary N) is 2. The SMILES string of the molecule is CCOC(=O)C1=C(CN2CC(C)CC(C)C2)NC(=O)NC1c1ccc(Cl)cc1. The predicted molar refractivity (Wildman–Crippen MR) is 109 cm³/mol. The number of carbonyl (C=O) groups is 2. The van der Waals surface area contributed by atoms with Crippen molar-refractivity contribution < 1.29 is 14.3 Å². The Hall–Kier alpha value is -2.05. The van der Waals surface area contributed by atoms with Crippen LogP contribution in [0.3, 0.4) is 0 Å². The van der Waals surface area contributed by atoms with E-state index in [1.807, 2.05) is 12.1 Å². The summed E-state index contributed by atoms with van der Waals surface area (Å²) in [5.41, 5.74) is 1.86. The van der Waals surface area contributed by atoms with Crippen molar-refractivity contribution in [2.45, 2.75) is 33.2 Å². The van der Waals surface area contributed by atoms with E-state index in [4.69, 9.17) is 16.3 Å². The Kier molecular flexibility index (Phi) is 6.62. The van der Waals surface area contributed by atoms with Crippen molar-refractivity contribution in [2.75, 3.05) is 26.2 Å². The fourth-order valence-corrected chi connectivity index (χ4v) is 4.37. The zero-order valence-corrected chi connectivity index (χ0v) is 17.4. The van der Waals surface area contributed by atoms with Gasteiger partial charge in [0.2, 0.25) is 0 Å². The highest BCUT2D eigenvalue weighted by atomic mass is 35.5. The number of rotatable bonds is 5. The summed E-state index contributed by atoms with van der Waals surface area (Å²) in [6, 6.07) is 6.25. The van der Waals surface area contributed by atoms with E-state index in [2.05, 4.69) is 29.4 Å². The van der Waals surface area contributed by atoms with Gasteiger partial charge in [-0.2, -0.15) is 0 Å². The van der Waals surface area contributed by atoms with Crippen molar-refractivity contribution in [3.05, 3.63) is 46.1 Å². The highest BCUT2D eigenvalue weighted by Crippen LogP contribution is 2.30. The van der Waals surface area contributed by atoms with Gasteiger partial charge in [0, 0.05) is 30.4 Å². The van der Waals surface area contributed by atoms with Crippen LogP contribution in [0.4, 0.5) is 4.79 Å². The third-order valence-corrected chi connectivity index (χ3v) is 5.43. The molecule has 2 aliphatic heterocycles. The first-order valence-electron chi connectivity index (χ1n) is 9.82. The summed E-state index contributed by atoms with van der Waals surface area (Å²) in [5.74, 6) is 0.753. The summed E-state index contributed by atoms with van der Waals surface area (Å²) in [6.45, 7) is 8.92. The van der Waals surface area contributed by atoms with Gasteiger partial charge in [-0.25, -0.2) is 9.59 Å². The largest absolute Gasteiger partial charge is 0.463 e. The topological polar surface area (TPSA) is 70.7 Å². The van der Waals surface area contributed by atoms with E-state index < -0.39 is 12.0 Å². The fraction of sp³-hybridized carbons (Fsp3) is 0.524. The van der Waals surface area contributed by atoms with Crippen LogP contribution in [-0.4, -0.2) is 43.1 Å². The van der Waals surface area contributed by atoms with E-state index in [-0.39, 0.29) is 12.6 Å². The van der Waals surface area contributed by atoms with Gasteiger partial charge in [-0.05, 0) is 42.9 Å². The lowest BCUT2D eigenvalue weighted by atomic mass is 9.91. The van der Waals surface area contributed by atoms with Crippen LogP contribution in [0.1, 0.15) is 38.8 Å². The maximum Gasteiger partial charge on any atom is 0.338 e. The number of piperidine rings is 1. The highest BCUT2D eigenvalue weighted by molar-refractivity contribution is 6.30. The van der Waals surface area contributed by atoms with Crippen LogP contribution in [0.25, 0.3) is 0 Å². The molecule has 1 aromatic rings. The molecule has 3 atom stereocenters. The molecule has 152 valence electrons. The number of hydrogen-bond acceptors (Lipinski definition) is 4. The Bertz CT molecular complexity index is 753. The lowest BCUT2D eigenvalue weighted by Gasteiger charge is -2.37. The molecule has 0 bridgehead atoms. The summed E-state index contributed by atoms with van der Waals surface area (Å²) in [6.07, 6.45) is 1.20. The van der Waals surface area contributed by atoms with Gasteiger partial charge in [0.15, 0.2) is 0 Å². The molecular formula is C21H28ClN3O3. The first-order valence-corrected chi connectivity index (χ1v) is 10.2. The first kappa shape index (κ1) is 20.7. The Labute approximate surface area is 171 Å². The van der Waals surface area contributed by atoms with Crippen molar-refractivity contribution in [3.63, 3.8) is 0 Å². The first-order chi connectivity index (χ1) is 13.4. The Balaban J connectivity index is 1.96. The van der Waals surface area contributed by atoms with Crippen molar-refractivity contribution in [1.29, 1.82) is 0 Å². The predicted octanol–water partition coefficient (Wildman–Crippen LogP) is 3.49. The molecule has 0 saturated carbocycles. The second kappa shape index (κ2) is 8.97. The van der Waals surface area contributed by atoms with E-state index >= 15 is 0 Å². The molecule has 6 nitrogen and oxygen atoms in total. The van der Waals surface area contributed by atoms with Crippen LogP contribution in [-0.2, 0) is 9.53 Å².